The number of hydrogen-bond acceptors (Lipinski definition) is 3. The predicted octanol–water partition coefficient (Wildman–Crippen LogP) is 3.98. The van der Waals surface area contributed by atoms with E-state index in [2.05, 4.69) is 0 Å². The topological polar surface area (TPSA) is 26.3 Å². The molecule has 0 amide bonds. The lowest BCUT2D eigenvalue weighted by molar-refractivity contribution is 0.102. The Labute approximate surface area is 117 Å². The Morgan fingerprint density at radius 3 is 2.68 bits per heavy atom. The Bertz CT molecular complexity index is 578. The second-order valence-electron chi connectivity index (χ2n) is 4.26. The number of methoxy groups -OCH3 is 1. The normalized spacial score (nSPS) is 10.2. The van der Waals surface area contributed by atoms with Crippen molar-refractivity contribution in [1.29, 1.82) is 0 Å². The van der Waals surface area contributed by atoms with Gasteiger partial charge in [-0.1, -0.05) is 29.8 Å². The largest absolute Gasteiger partial charge is 0.497 e. The van der Waals surface area contributed by atoms with Crippen molar-refractivity contribution in [3.05, 3.63) is 59.7 Å². The van der Waals surface area contributed by atoms with Gasteiger partial charge in [0.05, 0.1) is 12.9 Å². The van der Waals surface area contributed by atoms with Crippen molar-refractivity contribution in [3.8, 4) is 5.75 Å². The molecular weight excluding hydrogens is 256 g/mol. The van der Waals surface area contributed by atoms with Crippen LogP contribution in [0.1, 0.15) is 15.9 Å². The Hall–Kier alpha value is -1.74. The van der Waals surface area contributed by atoms with E-state index in [0.717, 1.165) is 21.8 Å². The van der Waals surface area contributed by atoms with Crippen molar-refractivity contribution >= 4 is 17.5 Å². The van der Waals surface area contributed by atoms with E-state index in [9.17, 15) is 4.79 Å². The van der Waals surface area contributed by atoms with Gasteiger partial charge in [-0.15, -0.1) is 11.8 Å². The number of aryl methyl sites for hydroxylation is 1. The van der Waals surface area contributed by atoms with Crippen LogP contribution in [0.25, 0.3) is 0 Å². The quantitative estimate of drug-likeness (QED) is 0.608. The second-order valence-corrected chi connectivity index (χ2v) is 5.31. The van der Waals surface area contributed by atoms with E-state index in [4.69, 9.17) is 4.74 Å². The van der Waals surface area contributed by atoms with Crippen molar-refractivity contribution in [1.82, 2.24) is 0 Å². The zero-order chi connectivity index (χ0) is 13.7. The molecule has 0 fully saturated rings. The number of hydrogen-bond donors (Lipinski definition) is 0. The highest BCUT2D eigenvalue weighted by molar-refractivity contribution is 8.00. The van der Waals surface area contributed by atoms with Crippen LogP contribution in [0.15, 0.2) is 53.4 Å². The summed E-state index contributed by atoms with van der Waals surface area (Å²) in [7, 11) is 1.64. The third-order valence-corrected chi connectivity index (χ3v) is 3.74. The van der Waals surface area contributed by atoms with Crippen LogP contribution >= 0.6 is 11.8 Å². The highest BCUT2D eigenvalue weighted by Gasteiger charge is 2.07. The molecule has 0 radical (unpaired) electrons. The van der Waals surface area contributed by atoms with Crippen LogP contribution in [0.3, 0.4) is 0 Å². The van der Waals surface area contributed by atoms with E-state index < -0.39 is 0 Å². The van der Waals surface area contributed by atoms with E-state index in [0.29, 0.717) is 5.75 Å². The number of Topliss-reactive ketones (excluding diaryl/α,β-unsaturated/α-hetero) is 1. The molecule has 0 bridgehead atoms. The molecule has 0 heterocycles. The van der Waals surface area contributed by atoms with Crippen LogP contribution in [0.5, 0.6) is 5.75 Å². The molecule has 2 aromatic carbocycles. The van der Waals surface area contributed by atoms with Crippen LogP contribution in [0.4, 0.5) is 0 Å². The second kappa shape index (κ2) is 6.43. The van der Waals surface area contributed by atoms with Gasteiger partial charge in [-0.25, -0.2) is 0 Å². The lowest BCUT2D eigenvalue weighted by Gasteiger charge is -2.04. The first kappa shape index (κ1) is 13.7. The molecule has 0 unspecified atom stereocenters. The van der Waals surface area contributed by atoms with Crippen molar-refractivity contribution < 1.29 is 9.53 Å². The number of benzene rings is 2. The number of ketones is 1. The molecule has 2 aromatic rings. The van der Waals surface area contributed by atoms with Crippen LogP contribution < -0.4 is 4.74 Å². The molecule has 0 saturated carbocycles. The summed E-state index contributed by atoms with van der Waals surface area (Å²) in [4.78, 5) is 13.1. The number of carbonyl (C=O) groups excluding carboxylic acids is 1. The van der Waals surface area contributed by atoms with E-state index in [1.54, 1.807) is 7.11 Å². The van der Waals surface area contributed by atoms with Gasteiger partial charge in [-0.2, -0.15) is 0 Å². The average molecular weight is 272 g/mol. The van der Waals surface area contributed by atoms with E-state index >= 15 is 0 Å². The van der Waals surface area contributed by atoms with Crippen molar-refractivity contribution in [2.45, 2.75) is 11.8 Å². The van der Waals surface area contributed by atoms with Gasteiger partial charge < -0.3 is 4.74 Å². The summed E-state index contributed by atoms with van der Waals surface area (Å²) >= 11 is 1.53. The smallest absolute Gasteiger partial charge is 0.173 e. The highest BCUT2D eigenvalue weighted by atomic mass is 32.2. The van der Waals surface area contributed by atoms with E-state index in [1.165, 1.54) is 11.8 Å². The van der Waals surface area contributed by atoms with Gasteiger partial charge in [-0.05, 0) is 31.2 Å². The molecule has 0 aliphatic carbocycles. The molecule has 0 aromatic heterocycles. The molecule has 0 atom stereocenters. The summed E-state index contributed by atoms with van der Waals surface area (Å²) in [6, 6.07) is 15.4. The standard InChI is InChI=1S/C16H16O2S/c1-12-5-3-6-13(9-12)16(17)11-19-15-8-4-7-14(10-15)18-2/h3-10H,11H2,1-2H3. The molecule has 0 spiro atoms. The molecule has 2 nitrogen and oxygen atoms in total. The van der Waals surface area contributed by atoms with Gasteiger partial charge in [0.2, 0.25) is 0 Å². The summed E-state index contributed by atoms with van der Waals surface area (Å²) in [5, 5.41) is 0. The van der Waals surface area contributed by atoms with Crippen LogP contribution in [0.2, 0.25) is 0 Å². The van der Waals surface area contributed by atoms with Crippen LogP contribution in [0, 0.1) is 6.92 Å². The third-order valence-electron chi connectivity index (χ3n) is 2.75. The minimum atomic E-state index is 0.150. The zero-order valence-corrected chi connectivity index (χ0v) is 11.9. The summed E-state index contributed by atoms with van der Waals surface area (Å²) in [5.41, 5.74) is 1.88. The maximum Gasteiger partial charge on any atom is 0.173 e. The SMILES string of the molecule is COc1cccc(SCC(=O)c2cccc(C)c2)c1. The molecule has 0 aliphatic rings. The fraction of sp³-hybridized carbons (Fsp3) is 0.188. The first-order valence-corrected chi connectivity index (χ1v) is 7.04. The number of carbonyl (C=O) groups is 1. The molecule has 0 aliphatic heterocycles. The third kappa shape index (κ3) is 3.86. The number of thioether (sulfide) groups is 1. The average Bonchev–Trinajstić information content (AvgIpc) is 2.45. The Balaban J connectivity index is 2.00. The monoisotopic (exact) mass is 272 g/mol. The molecular formula is C16H16O2S. The molecule has 0 saturated heterocycles. The maximum absolute atomic E-state index is 12.1. The minimum absolute atomic E-state index is 0.150. The lowest BCUT2D eigenvalue weighted by Crippen LogP contribution is -2.02. The van der Waals surface area contributed by atoms with Crippen molar-refractivity contribution in [2.24, 2.45) is 0 Å². The number of rotatable bonds is 5. The van der Waals surface area contributed by atoms with Gasteiger partial charge in [0, 0.05) is 10.5 Å². The van der Waals surface area contributed by atoms with Gasteiger partial charge in [0.15, 0.2) is 5.78 Å². The van der Waals surface area contributed by atoms with Crippen molar-refractivity contribution in [2.75, 3.05) is 12.9 Å². The highest BCUT2D eigenvalue weighted by Crippen LogP contribution is 2.23. The van der Waals surface area contributed by atoms with Gasteiger partial charge in [0.1, 0.15) is 5.75 Å². The van der Waals surface area contributed by atoms with Gasteiger partial charge in [0.25, 0.3) is 0 Å². The fourth-order valence-corrected chi connectivity index (χ4v) is 2.58. The Kier molecular flexibility index (Phi) is 4.63. The van der Waals surface area contributed by atoms with Crippen LogP contribution in [-0.2, 0) is 0 Å². The summed E-state index contributed by atoms with van der Waals surface area (Å²) in [5.74, 6) is 1.40. The Morgan fingerprint density at radius 2 is 1.95 bits per heavy atom. The summed E-state index contributed by atoms with van der Waals surface area (Å²) in [6.45, 7) is 1.99. The Morgan fingerprint density at radius 1 is 1.16 bits per heavy atom. The molecule has 3 heteroatoms. The first-order chi connectivity index (χ1) is 9.19. The van der Waals surface area contributed by atoms with E-state index in [-0.39, 0.29) is 5.78 Å². The zero-order valence-electron chi connectivity index (χ0n) is 11.1. The first-order valence-electron chi connectivity index (χ1n) is 6.06. The lowest BCUT2D eigenvalue weighted by atomic mass is 10.1. The summed E-state index contributed by atoms with van der Waals surface area (Å²) < 4.78 is 5.16. The number of ether oxygens (including phenoxy) is 1. The molecule has 0 N–H and O–H groups in total. The summed E-state index contributed by atoms with van der Waals surface area (Å²) in [6.07, 6.45) is 0. The molecule has 19 heavy (non-hydrogen) atoms. The minimum Gasteiger partial charge on any atom is -0.497 e. The predicted molar refractivity (Wildman–Crippen MR) is 79.2 cm³/mol. The van der Waals surface area contributed by atoms with E-state index in [1.807, 2.05) is 55.5 Å². The van der Waals surface area contributed by atoms with Crippen LogP contribution in [-0.4, -0.2) is 18.6 Å². The maximum atomic E-state index is 12.1. The fourth-order valence-electron chi connectivity index (χ4n) is 1.74. The van der Waals surface area contributed by atoms with Crippen molar-refractivity contribution in [3.63, 3.8) is 0 Å². The van der Waals surface area contributed by atoms with Gasteiger partial charge in [-0.3, -0.25) is 4.79 Å². The van der Waals surface area contributed by atoms with Gasteiger partial charge >= 0.3 is 0 Å². The molecule has 2 rings (SSSR count). The molecule has 98 valence electrons.